The molecule has 1 atom stereocenters. The number of rotatable bonds is 6. The first-order valence-electron chi connectivity index (χ1n) is 6.85. The predicted octanol–water partition coefficient (Wildman–Crippen LogP) is 1.77. The van der Waals surface area contributed by atoms with Crippen molar-refractivity contribution in [2.45, 2.75) is 12.6 Å². The number of carboxylic acid groups (broad SMARTS) is 1. The summed E-state index contributed by atoms with van der Waals surface area (Å²) >= 11 is 0. The highest BCUT2D eigenvalue weighted by Crippen LogP contribution is 2.18. The summed E-state index contributed by atoms with van der Waals surface area (Å²) in [6.07, 6.45) is 1.72. The number of benzene rings is 1. The van der Waals surface area contributed by atoms with Crippen LogP contribution in [0.2, 0.25) is 0 Å². The fourth-order valence-electron chi connectivity index (χ4n) is 2.02. The molecule has 1 aromatic carbocycles. The van der Waals surface area contributed by atoms with Gasteiger partial charge in [0.2, 0.25) is 0 Å². The van der Waals surface area contributed by atoms with Crippen LogP contribution in [-0.4, -0.2) is 35.3 Å². The van der Waals surface area contributed by atoms with Gasteiger partial charge in [0.15, 0.2) is 0 Å². The van der Waals surface area contributed by atoms with Gasteiger partial charge in [0, 0.05) is 26.8 Å². The molecule has 22 heavy (non-hydrogen) atoms. The number of phenolic OH excluding ortho intramolecular Hbond substituents is 1. The van der Waals surface area contributed by atoms with Crippen molar-refractivity contribution >= 4 is 11.8 Å². The largest absolute Gasteiger partial charge is 0.508 e. The summed E-state index contributed by atoms with van der Waals surface area (Å²) in [5, 5.41) is 21.6. The van der Waals surface area contributed by atoms with Crippen LogP contribution in [0.3, 0.4) is 0 Å². The molecule has 0 aliphatic carbocycles. The topological polar surface area (TPSA) is 85.7 Å². The van der Waals surface area contributed by atoms with Crippen molar-refractivity contribution < 1.29 is 15.0 Å². The van der Waals surface area contributed by atoms with E-state index in [4.69, 9.17) is 0 Å². The second-order valence-corrected chi connectivity index (χ2v) is 5.16. The van der Waals surface area contributed by atoms with Gasteiger partial charge in [0.25, 0.3) is 0 Å². The smallest absolute Gasteiger partial charge is 0.325 e. The van der Waals surface area contributed by atoms with Gasteiger partial charge < -0.3 is 15.1 Å². The first-order valence-corrected chi connectivity index (χ1v) is 6.85. The maximum atomic E-state index is 11.4. The van der Waals surface area contributed by atoms with E-state index in [0.29, 0.717) is 12.1 Å². The van der Waals surface area contributed by atoms with Crippen molar-refractivity contribution in [2.75, 3.05) is 19.0 Å². The van der Waals surface area contributed by atoms with E-state index in [1.54, 1.807) is 18.3 Å². The molecule has 0 saturated carbocycles. The lowest BCUT2D eigenvalue weighted by Gasteiger charge is -2.16. The molecule has 6 heteroatoms. The molecule has 2 aromatic rings. The van der Waals surface area contributed by atoms with Gasteiger partial charge >= 0.3 is 5.97 Å². The summed E-state index contributed by atoms with van der Waals surface area (Å²) in [7, 11) is 3.82. The lowest BCUT2D eigenvalue weighted by molar-refractivity contribution is -0.139. The summed E-state index contributed by atoms with van der Waals surface area (Å²) in [5.41, 5.74) is 1.48. The van der Waals surface area contributed by atoms with Gasteiger partial charge in [-0.1, -0.05) is 18.2 Å². The zero-order valence-electron chi connectivity index (χ0n) is 12.5. The Kier molecular flexibility index (Phi) is 4.95. The molecule has 0 fully saturated rings. The van der Waals surface area contributed by atoms with E-state index in [-0.39, 0.29) is 5.75 Å². The maximum absolute atomic E-state index is 11.4. The first-order chi connectivity index (χ1) is 10.5. The van der Waals surface area contributed by atoms with Crippen molar-refractivity contribution in [1.29, 1.82) is 0 Å². The summed E-state index contributed by atoms with van der Waals surface area (Å²) in [4.78, 5) is 17.6. The number of carboxylic acids is 1. The number of hydrogen-bond donors (Lipinski definition) is 3. The molecule has 0 amide bonds. The van der Waals surface area contributed by atoms with E-state index in [1.165, 1.54) is 12.1 Å². The number of aliphatic carboxylic acids is 1. The van der Waals surface area contributed by atoms with E-state index < -0.39 is 12.0 Å². The monoisotopic (exact) mass is 301 g/mol. The summed E-state index contributed by atoms with van der Waals surface area (Å²) in [6.45, 7) is 0.387. The number of nitrogens with zero attached hydrogens (tertiary/aromatic N) is 2. The lowest BCUT2D eigenvalue weighted by Crippen LogP contribution is -2.28. The van der Waals surface area contributed by atoms with Gasteiger partial charge in [-0.3, -0.25) is 10.1 Å². The number of pyridine rings is 1. The van der Waals surface area contributed by atoms with Gasteiger partial charge in [-0.05, 0) is 29.3 Å². The molecule has 0 aliphatic rings. The number of hydrogen-bond acceptors (Lipinski definition) is 5. The minimum atomic E-state index is -0.969. The number of anilines is 1. The van der Waals surface area contributed by atoms with Crippen LogP contribution in [0.15, 0.2) is 42.6 Å². The van der Waals surface area contributed by atoms with Crippen molar-refractivity contribution in [3.63, 3.8) is 0 Å². The van der Waals surface area contributed by atoms with E-state index in [2.05, 4.69) is 10.3 Å². The summed E-state index contributed by atoms with van der Waals surface area (Å²) in [6, 6.07) is 9.08. The fourth-order valence-corrected chi connectivity index (χ4v) is 2.02. The minimum absolute atomic E-state index is 0.108. The predicted molar refractivity (Wildman–Crippen MR) is 83.9 cm³/mol. The molecular weight excluding hydrogens is 282 g/mol. The molecule has 0 bridgehead atoms. The van der Waals surface area contributed by atoms with Crippen LogP contribution < -0.4 is 10.2 Å². The Bertz CT molecular complexity index is 624. The van der Waals surface area contributed by atoms with Crippen LogP contribution >= 0.6 is 0 Å². The van der Waals surface area contributed by atoms with E-state index in [1.807, 2.05) is 31.1 Å². The second-order valence-electron chi connectivity index (χ2n) is 5.16. The Morgan fingerprint density at radius 2 is 1.91 bits per heavy atom. The third kappa shape index (κ3) is 3.95. The highest BCUT2D eigenvalue weighted by molar-refractivity contribution is 5.75. The normalized spacial score (nSPS) is 11.9. The second kappa shape index (κ2) is 6.91. The third-order valence-electron chi connectivity index (χ3n) is 3.25. The minimum Gasteiger partial charge on any atom is -0.508 e. The van der Waals surface area contributed by atoms with Crippen LogP contribution in [-0.2, 0) is 11.3 Å². The van der Waals surface area contributed by atoms with Gasteiger partial charge in [-0.15, -0.1) is 0 Å². The molecule has 0 radical (unpaired) electrons. The van der Waals surface area contributed by atoms with Crippen molar-refractivity contribution in [1.82, 2.24) is 10.3 Å². The average Bonchev–Trinajstić information content (AvgIpc) is 2.49. The molecule has 0 unspecified atom stereocenters. The molecule has 0 spiro atoms. The number of aromatic nitrogens is 1. The quantitative estimate of drug-likeness (QED) is 0.754. The molecule has 116 valence electrons. The molecule has 3 N–H and O–H groups in total. The number of aromatic hydroxyl groups is 1. The van der Waals surface area contributed by atoms with Gasteiger partial charge in [-0.2, -0.15) is 0 Å². The van der Waals surface area contributed by atoms with E-state index >= 15 is 0 Å². The van der Waals surface area contributed by atoms with E-state index in [9.17, 15) is 15.0 Å². The highest BCUT2D eigenvalue weighted by Gasteiger charge is 2.19. The van der Waals surface area contributed by atoms with Crippen LogP contribution in [0.5, 0.6) is 5.75 Å². The van der Waals surface area contributed by atoms with Crippen molar-refractivity contribution in [3.8, 4) is 5.75 Å². The Balaban J connectivity index is 2.06. The standard InChI is InChI=1S/C16H19N3O3/c1-19(2)14-8-3-11(9-17-14)10-18-15(16(21)22)12-4-6-13(20)7-5-12/h3-9,15,18,20H,10H2,1-2H3,(H,21,22)/t15-/m1/s1. The Morgan fingerprint density at radius 1 is 1.23 bits per heavy atom. The summed E-state index contributed by atoms with van der Waals surface area (Å²) < 4.78 is 0. The van der Waals surface area contributed by atoms with E-state index in [0.717, 1.165) is 11.4 Å². The first kappa shape index (κ1) is 15.8. The third-order valence-corrected chi connectivity index (χ3v) is 3.25. The molecule has 1 heterocycles. The maximum Gasteiger partial charge on any atom is 0.325 e. The molecule has 6 nitrogen and oxygen atoms in total. The Hall–Kier alpha value is -2.60. The van der Waals surface area contributed by atoms with Gasteiger partial charge in [0.1, 0.15) is 17.6 Å². The molecular formula is C16H19N3O3. The SMILES string of the molecule is CN(C)c1ccc(CN[C@@H](C(=O)O)c2ccc(O)cc2)cn1. The molecule has 0 saturated heterocycles. The number of phenols is 1. The van der Waals surface area contributed by atoms with Crippen LogP contribution in [0, 0.1) is 0 Å². The zero-order chi connectivity index (χ0) is 16.1. The van der Waals surface area contributed by atoms with Gasteiger partial charge in [-0.25, -0.2) is 4.98 Å². The fraction of sp³-hybridized carbons (Fsp3) is 0.250. The zero-order valence-corrected chi connectivity index (χ0v) is 12.5. The van der Waals surface area contributed by atoms with Gasteiger partial charge in [0.05, 0.1) is 0 Å². The van der Waals surface area contributed by atoms with Crippen molar-refractivity contribution in [3.05, 3.63) is 53.7 Å². The lowest BCUT2D eigenvalue weighted by atomic mass is 10.1. The Morgan fingerprint density at radius 3 is 2.41 bits per heavy atom. The molecule has 1 aromatic heterocycles. The number of carbonyl (C=O) groups is 1. The van der Waals surface area contributed by atoms with Crippen LogP contribution in [0.1, 0.15) is 17.2 Å². The molecule has 2 rings (SSSR count). The van der Waals surface area contributed by atoms with Crippen molar-refractivity contribution in [2.24, 2.45) is 0 Å². The highest BCUT2D eigenvalue weighted by atomic mass is 16.4. The van der Waals surface area contributed by atoms with Crippen LogP contribution in [0.25, 0.3) is 0 Å². The average molecular weight is 301 g/mol. The number of nitrogens with one attached hydrogen (secondary N) is 1. The Labute approximate surface area is 129 Å². The van der Waals surface area contributed by atoms with Crippen LogP contribution in [0.4, 0.5) is 5.82 Å². The molecule has 0 aliphatic heterocycles. The summed E-state index contributed by atoms with van der Waals surface area (Å²) in [5.74, 6) is -0.0167.